The molecule has 13 heavy (non-hydrogen) atoms. The first-order chi connectivity index (χ1) is 5.97. The average Bonchev–Trinajstić information content (AvgIpc) is 2.09. The minimum absolute atomic E-state index is 0.0946. The van der Waals surface area contributed by atoms with E-state index in [9.17, 15) is 5.11 Å². The van der Waals surface area contributed by atoms with E-state index >= 15 is 0 Å². The van der Waals surface area contributed by atoms with E-state index in [0.29, 0.717) is 5.02 Å². The lowest BCUT2D eigenvalue weighted by molar-refractivity contribution is 0.354. The molecule has 1 aromatic carbocycles. The maximum absolute atomic E-state index is 11.1. The number of rotatable bonds is 2. The van der Waals surface area contributed by atoms with Crippen molar-refractivity contribution < 1.29 is 5.11 Å². The lowest BCUT2D eigenvalue weighted by atomic mass is 9.82. The molecule has 0 unspecified atom stereocenters. The Morgan fingerprint density at radius 2 is 2.00 bits per heavy atom. The van der Waals surface area contributed by atoms with Crippen LogP contribution in [0.4, 0.5) is 0 Å². The minimum atomic E-state index is -0.0997. The third-order valence-corrected chi connectivity index (χ3v) is 2.89. The maximum Gasteiger partial charge on any atom is 0.197 e. The monoisotopic (exact) mass is 197 g/mol. The molecule has 0 aromatic heterocycles. The number of halogens is 1. The smallest absolute Gasteiger partial charge is 0.197 e. The summed E-state index contributed by atoms with van der Waals surface area (Å²) in [5.74, 6) is -0.0997. The Labute approximate surface area is 84.4 Å². The van der Waals surface area contributed by atoms with E-state index in [1.807, 2.05) is 6.07 Å². The molecule has 0 saturated carbocycles. The predicted molar refractivity (Wildman–Crippen MR) is 54.9 cm³/mol. The second kappa shape index (κ2) is 3.59. The van der Waals surface area contributed by atoms with Crippen LogP contribution < -0.4 is 0 Å². The van der Waals surface area contributed by atoms with E-state index in [1.165, 1.54) is 6.07 Å². The molecule has 0 aliphatic heterocycles. The van der Waals surface area contributed by atoms with Gasteiger partial charge in [-0.1, -0.05) is 38.4 Å². The average molecular weight is 198 g/mol. The Morgan fingerprint density at radius 1 is 1.38 bits per heavy atom. The van der Waals surface area contributed by atoms with Crippen LogP contribution in [-0.4, -0.2) is 0 Å². The third kappa shape index (κ3) is 2.16. The van der Waals surface area contributed by atoms with Crippen molar-refractivity contribution in [1.29, 1.82) is 0 Å². The lowest BCUT2D eigenvalue weighted by Crippen LogP contribution is -2.14. The highest BCUT2D eigenvalue weighted by molar-refractivity contribution is 6.32. The van der Waals surface area contributed by atoms with Crippen LogP contribution in [0.15, 0.2) is 18.2 Å². The van der Waals surface area contributed by atoms with Gasteiger partial charge in [0.05, 0.1) is 5.02 Å². The van der Waals surface area contributed by atoms with Crippen molar-refractivity contribution in [3.05, 3.63) is 28.8 Å². The van der Waals surface area contributed by atoms with Crippen LogP contribution in [0.3, 0.4) is 0 Å². The van der Waals surface area contributed by atoms with Gasteiger partial charge in [0.25, 0.3) is 0 Å². The van der Waals surface area contributed by atoms with Crippen molar-refractivity contribution in [1.82, 2.24) is 0 Å². The summed E-state index contributed by atoms with van der Waals surface area (Å²) >= 11 is 5.76. The zero-order valence-corrected chi connectivity index (χ0v) is 8.98. The second-order valence-electron chi connectivity index (χ2n) is 3.88. The minimum Gasteiger partial charge on any atom is -0.288 e. The summed E-state index contributed by atoms with van der Waals surface area (Å²) in [6, 6.07) is 5.17. The molecule has 0 atom stereocenters. The summed E-state index contributed by atoms with van der Waals surface area (Å²) in [5, 5.41) is 11.4. The van der Waals surface area contributed by atoms with Gasteiger partial charge in [0.1, 0.15) is 0 Å². The molecule has 0 aliphatic carbocycles. The first-order valence-corrected chi connectivity index (χ1v) is 4.82. The van der Waals surface area contributed by atoms with E-state index < -0.39 is 0 Å². The van der Waals surface area contributed by atoms with E-state index in [1.54, 1.807) is 6.07 Å². The molecule has 1 nitrogen and oxygen atoms in total. The highest BCUT2D eigenvalue weighted by Gasteiger charge is 2.18. The van der Waals surface area contributed by atoms with E-state index in [2.05, 4.69) is 20.8 Å². The molecule has 0 N–H and O–H groups in total. The normalized spacial score (nSPS) is 11.7. The van der Waals surface area contributed by atoms with Gasteiger partial charge in [-0.15, -0.1) is 0 Å². The van der Waals surface area contributed by atoms with Gasteiger partial charge in [-0.05, 0) is 29.5 Å². The van der Waals surface area contributed by atoms with Crippen molar-refractivity contribution in [3.8, 4) is 5.75 Å². The molecule has 71 valence electrons. The largest absolute Gasteiger partial charge is 0.288 e. The Bertz CT molecular complexity index is 305. The molecule has 0 saturated heterocycles. The van der Waals surface area contributed by atoms with Gasteiger partial charge in [-0.2, -0.15) is 0 Å². The fourth-order valence-electron chi connectivity index (χ4n) is 1.13. The van der Waals surface area contributed by atoms with E-state index in [-0.39, 0.29) is 11.2 Å². The third-order valence-electron chi connectivity index (χ3n) is 2.60. The molecule has 0 fully saturated rings. The van der Waals surface area contributed by atoms with Crippen LogP contribution in [0.1, 0.15) is 32.8 Å². The first kappa shape index (κ1) is 10.4. The molecule has 1 radical (unpaired) electrons. The Morgan fingerprint density at radius 3 is 2.46 bits per heavy atom. The van der Waals surface area contributed by atoms with Crippen molar-refractivity contribution in [2.75, 3.05) is 0 Å². The Hall–Kier alpha value is -0.690. The van der Waals surface area contributed by atoms with Crippen LogP contribution in [0.25, 0.3) is 0 Å². The molecule has 2 heteroatoms. The van der Waals surface area contributed by atoms with Gasteiger partial charge in [0.2, 0.25) is 0 Å². The summed E-state index contributed by atoms with van der Waals surface area (Å²) in [5.41, 5.74) is 1.22. The highest BCUT2D eigenvalue weighted by Crippen LogP contribution is 2.32. The van der Waals surface area contributed by atoms with Crippen molar-refractivity contribution in [3.63, 3.8) is 0 Å². The fourth-order valence-corrected chi connectivity index (χ4v) is 1.31. The number of hydrogen-bond acceptors (Lipinski definition) is 0. The molecule has 1 aromatic rings. The number of benzene rings is 1. The molecule has 0 bridgehead atoms. The summed E-state index contributed by atoms with van der Waals surface area (Å²) in [4.78, 5) is 0. The van der Waals surface area contributed by atoms with E-state index in [4.69, 9.17) is 11.6 Å². The fraction of sp³-hybridized carbons (Fsp3) is 0.455. The van der Waals surface area contributed by atoms with Crippen LogP contribution in [0.2, 0.25) is 5.02 Å². The topological polar surface area (TPSA) is 19.9 Å². The van der Waals surface area contributed by atoms with Gasteiger partial charge in [-0.25, -0.2) is 0 Å². The SMILES string of the molecule is CCC(C)(C)c1ccc([O])c(Cl)c1. The Balaban J connectivity index is 3.10. The van der Waals surface area contributed by atoms with Gasteiger partial charge in [-0.3, -0.25) is 5.11 Å². The zero-order valence-electron chi connectivity index (χ0n) is 8.23. The molecular weight excluding hydrogens is 184 g/mol. The van der Waals surface area contributed by atoms with Crippen LogP contribution in [0.5, 0.6) is 5.75 Å². The van der Waals surface area contributed by atoms with Crippen LogP contribution in [0, 0.1) is 0 Å². The van der Waals surface area contributed by atoms with Crippen molar-refractivity contribution >= 4 is 11.6 Å². The molecule has 0 spiro atoms. The van der Waals surface area contributed by atoms with E-state index in [0.717, 1.165) is 12.0 Å². The van der Waals surface area contributed by atoms with Crippen molar-refractivity contribution in [2.24, 2.45) is 0 Å². The quantitative estimate of drug-likeness (QED) is 0.678. The second-order valence-corrected chi connectivity index (χ2v) is 4.29. The highest BCUT2D eigenvalue weighted by atomic mass is 35.5. The maximum atomic E-state index is 11.1. The molecule has 0 amide bonds. The van der Waals surface area contributed by atoms with Gasteiger partial charge in [0.15, 0.2) is 5.75 Å². The lowest BCUT2D eigenvalue weighted by Gasteiger charge is -2.23. The Kier molecular flexibility index (Phi) is 2.87. The summed E-state index contributed by atoms with van der Waals surface area (Å²) in [7, 11) is 0. The summed E-state index contributed by atoms with van der Waals surface area (Å²) < 4.78 is 0. The first-order valence-electron chi connectivity index (χ1n) is 4.44. The molecular formula is C11H14ClO. The van der Waals surface area contributed by atoms with Gasteiger partial charge >= 0.3 is 0 Å². The molecule has 0 heterocycles. The van der Waals surface area contributed by atoms with Crippen LogP contribution >= 0.6 is 11.6 Å². The summed E-state index contributed by atoms with van der Waals surface area (Å²) in [6.07, 6.45) is 1.03. The van der Waals surface area contributed by atoms with Crippen molar-refractivity contribution in [2.45, 2.75) is 32.6 Å². The standard InChI is InChI=1S/C11H14ClO/c1-4-11(2,3)8-5-6-10(13)9(12)7-8/h5-7H,4H2,1-3H3. The van der Waals surface area contributed by atoms with Gasteiger partial charge < -0.3 is 0 Å². The molecule has 1 rings (SSSR count). The van der Waals surface area contributed by atoms with Crippen LogP contribution in [-0.2, 0) is 10.5 Å². The number of hydrogen-bond donors (Lipinski definition) is 0. The summed E-state index contributed by atoms with van der Waals surface area (Å²) in [6.45, 7) is 6.41. The van der Waals surface area contributed by atoms with Gasteiger partial charge in [0, 0.05) is 0 Å². The predicted octanol–water partition coefficient (Wildman–Crippen LogP) is 4.17. The zero-order chi connectivity index (χ0) is 10.1. The molecule has 0 aliphatic rings.